The van der Waals surface area contributed by atoms with Gasteiger partial charge in [0.25, 0.3) is 5.91 Å². The van der Waals surface area contributed by atoms with Crippen molar-refractivity contribution in [1.29, 1.82) is 0 Å². The first-order valence-electron chi connectivity index (χ1n) is 6.84. The van der Waals surface area contributed by atoms with Crippen LogP contribution in [0.15, 0.2) is 12.3 Å². The lowest BCUT2D eigenvalue weighted by atomic mass is 10.1. The number of carbonyl (C=O) groups excluding carboxylic acids is 1. The molecule has 2 fully saturated rings. The van der Waals surface area contributed by atoms with Gasteiger partial charge in [-0.25, -0.2) is 10.8 Å². The van der Waals surface area contributed by atoms with Crippen molar-refractivity contribution in [3.8, 4) is 0 Å². The highest BCUT2D eigenvalue weighted by atomic mass is 35.5. The Kier molecular flexibility index (Phi) is 3.78. The molecule has 1 unspecified atom stereocenters. The van der Waals surface area contributed by atoms with Crippen LogP contribution in [-0.4, -0.2) is 52.9 Å². The molecule has 0 aliphatic carbocycles. The molecule has 1 amide bonds. The SMILES string of the molecule is NNc1ncc(C(=O)N2CCN3CCCC3C2)cc1Cl. The van der Waals surface area contributed by atoms with E-state index in [0.717, 1.165) is 26.2 Å². The van der Waals surface area contributed by atoms with Crippen molar-refractivity contribution in [2.24, 2.45) is 5.84 Å². The van der Waals surface area contributed by atoms with Crippen molar-refractivity contribution in [2.45, 2.75) is 18.9 Å². The van der Waals surface area contributed by atoms with Crippen LogP contribution >= 0.6 is 11.6 Å². The van der Waals surface area contributed by atoms with Crippen LogP contribution in [0.2, 0.25) is 5.02 Å². The Hall–Kier alpha value is -1.37. The molecule has 3 rings (SSSR count). The van der Waals surface area contributed by atoms with E-state index in [1.165, 1.54) is 19.0 Å². The molecule has 6 nitrogen and oxygen atoms in total. The molecular weight excluding hydrogens is 278 g/mol. The van der Waals surface area contributed by atoms with Gasteiger partial charge >= 0.3 is 0 Å². The summed E-state index contributed by atoms with van der Waals surface area (Å²) in [5, 5.41) is 0.359. The number of hydrazine groups is 1. The van der Waals surface area contributed by atoms with Crippen molar-refractivity contribution >= 4 is 23.3 Å². The summed E-state index contributed by atoms with van der Waals surface area (Å²) in [6.45, 7) is 3.69. The molecular formula is C13H18ClN5O. The molecule has 108 valence electrons. The number of pyridine rings is 1. The fraction of sp³-hybridized carbons (Fsp3) is 0.538. The number of hydrogen-bond acceptors (Lipinski definition) is 5. The predicted molar refractivity (Wildman–Crippen MR) is 77.6 cm³/mol. The minimum atomic E-state index is -0.00507. The molecule has 1 aromatic heterocycles. The molecule has 1 aromatic rings. The number of amides is 1. The van der Waals surface area contributed by atoms with Gasteiger partial charge in [-0.2, -0.15) is 0 Å². The van der Waals surface area contributed by atoms with E-state index in [-0.39, 0.29) is 5.91 Å². The van der Waals surface area contributed by atoms with Gasteiger partial charge in [0.05, 0.1) is 10.6 Å². The maximum Gasteiger partial charge on any atom is 0.255 e. The molecule has 3 heterocycles. The number of carbonyl (C=O) groups is 1. The van der Waals surface area contributed by atoms with Gasteiger partial charge in [-0.1, -0.05) is 11.6 Å². The van der Waals surface area contributed by atoms with E-state index in [9.17, 15) is 4.79 Å². The van der Waals surface area contributed by atoms with E-state index in [1.54, 1.807) is 6.07 Å². The second kappa shape index (κ2) is 5.55. The zero-order valence-electron chi connectivity index (χ0n) is 11.2. The summed E-state index contributed by atoms with van der Waals surface area (Å²) in [5.74, 6) is 5.65. The Morgan fingerprint density at radius 2 is 2.30 bits per heavy atom. The number of anilines is 1. The number of halogens is 1. The zero-order valence-corrected chi connectivity index (χ0v) is 11.9. The maximum absolute atomic E-state index is 12.5. The Morgan fingerprint density at radius 3 is 3.05 bits per heavy atom. The monoisotopic (exact) mass is 295 g/mol. The van der Waals surface area contributed by atoms with E-state index in [0.29, 0.717) is 22.4 Å². The van der Waals surface area contributed by atoms with E-state index in [4.69, 9.17) is 17.4 Å². The average Bonchev–Trinajstić information content (AvgIpc) is 2.93. The summed E-state index contributed by atoms with van der Waals surface area (Å²) in [6.07, 6.45) is 3.93. The van der Waals surface area contributed by atoms with Crippen molar-refractivity contribution in [1.82, 2.24) is 14.8 Å². The van der Waals surface area contributed by atoms with Crippen LogP contribution in [0.4, 0.5) is 5.82 Å². The van der Waals surface area contributed by atoms with Crippen LogP contribution in [0.5, 0.6) is 0 Å². The number of aromatic nitrogens is 1. The van der Waals surface area contributed by atoms with Crippen LogP contribution in [0, 0.1) is 0 Å². The molecule has 0 bridgehead atoms. The fourth-order valence-corrected chi connectivity index (χ4v) is 3.24. The van der Waals surface area contributed by atoms with Crippen LogP contribution in [-0.2, 0) is 0 Å². The topological polar surface area (TPSA) is 74.5 Å². The third-order valence-corrected chi connectivity index (χ3v) is 4.39. The number of nitrogens with two attached hydrogens (primary N) is 1. The lowest BCUT2D eigenvalue weighted by Gasteiger charge is -2.37. The molecule has 0 saturated carbocycles. The van der Waals surface area contributed by atoms with Gasteiger partial charge < -0.3 is 10.3 Å². The number of fused-ring (bicyclic) bond motifs is 1. The smallest absolute Gasteiger partial charge is 0.255 e. The molecule has 0 radical (unpaired) electrons. The van der Waals surface area contributed by atoms with Crippen molar-refractivity contribution in [3.05, 3.63) is 22.8 Å². The van der Waals surface area contributed by atoms with E-state index in [2.05, 4.69) is 15.3 Å². The normalized spacial score (nSPS) is 22.7. The first kappa shape index (κ1) is 13.6. The number of nitrogen functional groups attached to an aromatic ring is 1. The first-order chi connectivity index (χ1) is 9.69. The zero-order chi connectivity index (χ0) is 14.1. The summed E-state index contributed by atoms with van der Waals surface area (Å²) in [6, 6.07) is 2.13. The van der Waals surface area contributed by atoms with Crippen LogP contribution in [0.25, 0.3) is 0 Å². The van der Waals surface area contributed by atoms with Gasteiger partial charge in [0, 0.05) is 31.9 Å². The van der Waals surface area contributed by atoms with Crippen LogP contribution in [0.1, 0.15) is 23.2 Å². The third-order valence-electron chi connectivity index (χ3n) is 4.10. The molecule has 2 aliphatic rings. The van der Waals surface area contributed by atoms with Gasteiger partial charge in [0.15, 0.2) is 5.82 Å². The summed E-state index contributed by atoms with van der Waals surface area (Å²) in [5.41, 5.74) is 2.91. The van der Waals surface area contributed by atoms with Crippen molar-refractivity contribution in [2.75, 3.05) is 31.6 Å². The van der Waals surface area contributed by atoms with Gasteiger partial charge in [0.1, 0.15) is 0 Å². The van der Waals surface area contributed by atoms with Gasteiger partial charge in [-0.3, -0.25) is 9.69 Å². The Bertz CT molecular complexity index is 523. The van der Waals surface area contributed by atoms with Gasteiger partial charge in [-0.15, -0.1) is 0 Å². The number of nitrogens with zero attached hydrogens (tertiary/aromatic N) is 3. The minimum absolute atomic E-state index is 0.00507. The van der Waals surface area contributed by atoms with Gasteiger partial charge in [-0.05, 0) is 25.5 Å². The standard InChI is InChI=1S/C13H18ClN5O/c14-11-6-9(7-16-12(11)17-15)13(20)19-5-4-18-3-1-2-10(18)8-19/h6-7,10H,1-5,8,15H2,(H,16,17). The third kappa shape index (κ3) is 2.46. The van der Waals surface area contributed by atoms with E-state index in [1.807, 2.05) is 4.90 Å². The quantitative estimate of drug-likeness (QED) is 0.627. The lowest BCUT2D eigenvalue weighted by molar-refractivity contribution is 0.0571. The Labute approximate surface area is 122 Å². The summed E-state index contributed by atoms with van der Waals surface area (Å²) in [7, 11) is 0. The second-order valence-electron chi connectivity index (χ2n) is 5.28. The Balaban J connectivity index is 1.74. The molecule has 2 saturated heterocycles. The maximum atomic E-state index is 12.5. The first-order valence-corrected chi connectivity index (χ1v) is 7.22. The largest absolute Gasteiger partial charge is 0.336 e. The number of hydrogen-bond donors (Lipinski definition) is 2. The highest BCUT2D eigenvalue weighted by molar-refractivity contribution is 6.33. The van der Waals surface area contributed by atoms with Crippen LogP contribution < -0.4 is 11.3 Å². The predicted octanol–water partition coefficient (Wildman–Crippen LogP) is 0.941. The summed E-state index contributed by atoms with van der Waals surface area (Å²) >= 11 is 6.02. The highest BCUT2D eigenvalue weighted by Crippen LogP contribution is 2.24. The van der Waals surface area contributed by atoms with Crippen molar-refractivity contribution in [3.63, 3.8) is 0 Å². The molecule has 3 N–H and O–H groups in total. The van der Waals surface area contributed by atoms with E-state index < -0.39 is 0 Å². The van der Waals surface area contributed by atoms with Gasteiger partial charge in [0.2, 0.25) is 0 Å². The summed E-state index contributed by atoms with van der Waals surface area (Å²) < 4.78 is 0. The summed E-state index contributed by atoms with van der Waals surface area (Å²) in [4.78, 5) is 20.9. The molecule has 1 atom stereocenters. The minimum Gasteiger partial charge on any atom is -0.336 e. The fourth-order valence-electron chi connectivity index (χ4n) is 3.02. The molecule has 0 spiro atoms. The second-order valence-corrected chi connectivity index (χ2v) is 5.69. The highest BCUT2D eigenvalue weighted by Gasteiger charge is 2.32. The molecule has 0 aromatic carbocycles. The lowest BCUT2D eigenvalue weighted by Crippen LogP contribution is -2.52. The van der Waals surface area contributed by atoms with Crippen molar-refractivity contribution < 1.29 is 4.79 Å². The molecule has 7 heteroatoms. The van der Waals surface area contributed by atoms with E-state index >= 15 is 0 Å². The molecule has 20 heavy (non-hydrogen) atoms. The number of piperazine rings is 1. The Morgan fingerprint density at radius 1 is 1.45 bits per heavy atom. The number of rotatable bonds is 2. The molecule has 2 aliphatic heterocycles. The average molecular weight is 296 g/mol. The van der Waals surface area contributed by atoms with Crippen LogP contribution in [0.3, 0.4) is 0 Å². The number of nitrogens with one attached hydrogen (secondary N) is 1.